The standard InChI is InChI=1S/C16H34N4O/c1-5-17-16(19-15(3)13-21-4)18-9-7-11-20-10-6-8-14(2)12-20/h14-15H,5-13H2,1-4H3,(H2,17,18,19). The van der Waals surface area contributed by atoms with E-state index in [4.69, 9.17) is 4.74 Å². The van der Waals surface area contributed by atoms with Crippen LogP contribution in [0.3, 0.4) is 0 Å². The van der Waals surface area contributed by atoms with Gasteiger partial charge in [-0.3, -0.25) is 4.99 Å². The van der Waals surface area contributed by atoms with Crippen LogP contribution in [0.1, 0.15) is 40.0 Å². The molecule has 2 atom stereocenters. The molecule has 2 unspecified atom stereocenters. The van der Waals surface area contributed by atoms with Crippen molar-refractivity contribution in [3.8, 4) is 0 Å². The second-order valence-electron chi connectivity index (χ2n) is 6.16. The van der Waals surface area contributed by atoms with Gasteiger partial charge in [-0.15, -0.1) is 0 Å². The SMILES string of the molecule is CCNC(=NCCCN1CCCC(C)C1)NC(C)COC. The summed E-state index contributed by atoms with van der Waals surface area (Å²) in [4.78, 5) is 7.23. The van der Waals surface area contributed by atoms with Crippen LogP contribution in [0.4, 0.5) is 0 Å². The molecule has 1 saturated heterocycles. The number of ether oxygens (including phenoxy) is 1. The van der Waals surface area contributed by atoms with E-state index in [1.165, 1.54) is 32.5 Å². The summed E-state index contributed by atoms with van der Waals surface area (Å²) in [6.07, 6.45) is 3.87. The number of likely N-dealkylation sites (tertiary alicyclic amines) is 1. The predicted molar refractivity (Wildman–Crippen MR) is 89.9 cm³/mol. The second-order valence-corrected chi connectivity index (χ2v) is 6.16. The van der Waals surface area contributed by atoms with Crippen molar-refractivity contribution in [1.82, 2.24) is 15.5 Å². The van der Waals surface area contributed by atoms with E-state index in [9.17, 15) is 0 Å². The molecular weight excluding hydrogens is 264 g/mol. The molecule has 0 radical (unpaired) electrons. The lowest BCUT2D eigenvalue weighted by molar-refractivity contribution is 0.178. The van der Waals surface area contributed by atoms with Crippen LogP contribution in [0.15, 0.2) is 4.99 Å². The zero-order valence-electron chi connectivity index (χ0n) is 14.3. The first kappa shape index (κ1) is 18.2. The second kappa shape index (κ2) is 10.9. The first-order valence-corrected chi connectivity index (χ1v) is 8.41. The van der Waals surface area contributed by atoms with E-state index < -0.39 is 0 Å². The number of piperidine rings is 1. The predicted octanol–water partition coefficient (Wildman–Crippen LogP) is 1.70. The van der Waals surface area contributed by atoms with Crippen molar-refractivity contribution >= 4 is 5.96 Å². The van der Waals surface area contributed by atoms with Gasteiger partial charge in [-0.2, -0.15) is 0 Å². The lowest BCUT2D eigenvalue weighted by Gasteiger charge is -2.30. The van der Waals surface area contributed by atoms with E-state index in [0.29, 0.717) is 6.61 Å². The summed E-state index contributed by atoms with van der Waals surface area (Å²) in [5.41, 5.74) is 0. The molecule has 1 fully saturated rings. The van der Waals surface area contributed by atoms with E-state index in [2.05, 4.69) is 41.3 Å². The van der Waals surface area contributed by atoms with Crippen molar-refractivity contribution in [1.29, 1.82) is 0 Å². The molecule has 5 heteroatoms. The summed E-state index contributed by atoms with van der Waals surface area (Å²) in [6.45, 7) is 12.7. The Labute approximate surface area is 130 Å². The molecule has 1 aliphatic rings. The zero-order chi connectivity index (χ0) is 15.5. The molecule has 1 heterocycles. The summed E-state index contributed by atoms with van der Waals surface area (Å²) in [5, 5.41) is 6.65. The van der Waals surface area contributed by atoms with Gasteiger partial charge in [0.1, 0.15) is 0 Å². The number of methoxy groups -OCH3 is 1. The van der Waals surface area contributed by atoms with E-state index in [1.54, 1.807) is 7.11 Å². The van der Waals surface area contributed by atoms with Gasteiger partial charge in [0.25, 0.3) is 0 Å². The fourth-order valence-corrected chi connectivity index (χ4v) is 2.82. The number of nitrogens with one attached hydrogen (secondary N) is 2. The van der Waals surface area contributed by atoms with Gasteiger partial charge < -0.3 is 20.3 Å². The van der Waals surface area contributed by atoms with Gasteiger partial charge in [0, 0.05) is 32.8 Å². The maximum Gasteiger partial charge on any atom is 0.191 e. The molecule has 2 N–H and O–H groups in total. The van der Waals surface area contributed by atoms with Crippen molar-refractivity contribution in [3.63, 3.8) is 0 Å². The van der Waals surface area contributed by atoms with Crippen LogP contribution in [-0.2, 0) is 4.74 Å². The molecule has 0 aromatic rings. The maximum atomic E-state index is 5.15. The molecule has 1 rings (SSSR count). The summed E-state index contributed by atoms with van der Waals surface area (Å²) < 4.78 is 5.15. The number of hydrogen-bond donors (Lipinski definition) is 2. The highest BCUT2D eigenvalue weighted by atomic mass is 16.5. The van der Waals surface area contributed by atoms with Crippen molar-refractivity contribution in [3.05, 3.63) is 0 Å². The number of rotatable bonds is 8. The molecular formula is C16H34N4O. The van der Waals surface area contributed by atoms with Crippen LogP contribution in [0, 0.1) is 5.92 Å². The molecule has 1 aliphatic heterocycles. The monoisotopic (exact) mass is 298 g/mol. The van der Waals surface area contributed by atoms with Crippen molar-refractivity contribution in [2.75, 3.05) is 46.4 Å². The van der Waals surface area contributed by atoms with Crippen LogP contribution >= 0.6 is 0 Å². The number of guanidine groups is 1. The molecule has 21 heavy (non-hydrogen) atoms. The van der Waals surface area contributed by atoms with Crippen LogP contribution in [0.5, 0.6) is 0 Å². The molecule has 5 nitrogen and oxygen atoms in total. The van der Waals surface area contributed by atoms with E-state index >= 15 is 0 Å². The number of hydrogen-bond acceptors (Lipinski definition) is 3. The molecule has 0 saturated carbocycles. The average molecular weight is 298 g/mol. The van der Waals surface area contributed by atoms with Gasteiger partial charge in [-0.1, -0.05) is 6.92 Å². The van der Waals surface area contributed by atoms with Crippen LogP contribution in [0.25, 0.3) is 0 Å². The van der Waals surface area contributed by atoms with Crippen LogP contribution in [0.2, 0.25) is 0 Å². The van der Waals surface area contributed by atoms with Gasteiger partial charge in [-0.05, 0) is 52.1 Å². The fourth-order valence-electron chi connectivity index (χ4n) is 2.82. The third-order valence-corrected chi connectivity index (χ3v) is 3.79. The molecule has 0 aromatic heterocycles. The topological polar surface area (TPSA) is 48.9 Å². The first-order chi connectivity index (χ1) is 10.2. The third-order valence-electron chi connectivity index (χ3n) is 3.79. The summed E-state index contributed by atoms with van der Waals surface area (Å²) >= 11 is 0. The lowest BCUT2D eigenvalue weighted by atomic mass is 10.0. The minimum absolute atomic E-state index is 0.274. The number of aliphatic imine (C=N–C) groups is 1. The molecule has 0 spiro atoms. The highest BCUT2D eigenvalue weighted by Gasteiger charge is 2.15. The van der Waals surface area contributed by atoms with E-state index in [-0.39, 0.29) is 6.04 Å². The van der Waals surface area contributed by atoms with Crippen molar-refractivity contribution in [2.45, 2.75) is 46.1 Å². The van der Waals surface area contributed by atoms with Crippen LogP contribution in [-0.4, -0.2) is 63.3 Å². The van der Waals surface area contributed by atoms with Gasteiger partial charge in [-0.25, -0.2) is 0 Å². The Morgan fingerprint density at radius 2 is 2.29 bits per heavy atom. The van der Waals surface area contributed by atoms with Gasteiger partial charge in [0.2, 0.25) is 0 Å². The van der Waals surface area contributed by atoms with E-state index in [0.717, 1.165) is 31.4 Å². The Morgan fingerprint density at radius 3 is 2.95 bits per heavy atom. The molecule has 0 bridgehead atoms. The zero-order valence-corrected chi connectivity index (χ0v) is 14.3. The molecule has 0 aromatic carbocycles. The summed E-state index contributed by atoms with van der Waals surface area (Å²) in [5.74, 6) is 1.75. The Bertz CT molecular complexity index is 296. The van der Waals surface area contributed by atoms with Gasteiger partial charge in [0.05, 0.1) is 6.61 Å². The maximum absolute atomic E-state index is 5.15. The summed E-state index contributed by atoms with van der Waals surface area (Å²) in [7, 11) is 1.72. The van der Waals surface area contributed by atoms with E-state index in [1.807, 2.05) is 0 Å². The normalized spacial score (nSPS) is 22.1. The Morgan fingerprint density at radius 1 is 1.48 bits per heavy atom. The molecule has 0 aliphatic carbocycles. The Hall–Kier alpha value is -0.810. The van der Waals surface area contributed by atoms with Gasteiger partial charge in [0.15, 0.2) is 5.96 Å². The van der Waals surface area contributed by atoms with Gasteiger partial charge >= 0.3 is 0 Å². The largest absolute Gasteiger partial charge is 0.383 e. The molecule has 0 amide bonds. The smallest absolute Gasteiger partial charge is 0.191 e. The van der Waals surface area contributed by atoms with Crippen molar-refractivity contribution < 1.29 is 4.74 Å². The van der Waals surface area contributed by atoms with Crippen LogP contribution < -0.4 is 10.6 Å². The van der Waals surface area contributed by atoms with Crippen molar-refractivity contribution in [2.24, 2.45) is 10.9 Å². The highest BCUT2D eigenvalue weighted by Crippen LogP contribution is 2.15. The first-order valence-electron chi connectivity index (χ1n) is 8.41. The Kier molecular flexibility index (Phi) is 9.42. The minimum atomic E-state index is 0.274. The Balaban J connectivity index is 2.26. The minimum Gasteiger partial charge on any atom is -0.383 e. The lowest BCUT2D eigenvalue weighted by Crippen LogP contribution is -2.44. The quantitative estimate of drug-likeness (QED) is 0.407. The number of nitrogens with zero attached hydrogens (tertiary/aromatic N) is 2. The molecule has 124 valence electrons. The third kappa shape index (κ3) is 8.27. The average Bonchev–Trinajstić information content (AvgIpc) is 2.44. The highest BCUT2D eigenvalue weighted by molar-refractivity contribution is 5.80. The fraction of sp³-hybridized carbons (Fsp3) is 0.938. The summed E-state index contributed by atoms with van der Waals surface area (Å²) in [6, 6.07) is 0.274.